The summed E-state index contributed by atoms with van der Waals surface area (Å²) in [7, 11) is 1.40. The molecular formula is C36H43NO7. The molecule has 3 aromatic carbocycles. The van der Waals surface area contributed by atoms with Gasteiger partial charge in [0.2, 0.25) is 0 Å². The summed E-state index contributed by atoms with van der Waals surface area (Å²) in [6.07, 6.45) is 1.64. The molecule has 5 rings (SSSR count). The van der Waals surface area contributed by atoms with E-state index in [-0.39, 0.29) is 24.1 Å². The molecule has 1 amide bonds. The number of amides is 1. The van der Waals surface area contributed by atoms with Crippen molar-refractivity contribution in [2.45, 2.75) is 78.1 Å². The van der Waals surface area contributed by atoms with Crippen LogP contribution in [0, 0.1) is 13.8 Å². The molecule has 0 unspecified atom stereocenters. The van der Waals surface area contributed by atoms with E-state index in [1.807, 2.05) is 39.0 Å². The molecule has 0 N–H and O–H groups in total. The van der Waals surface area contributed by atoms with Crippen molar-refractivity contribution in [1.82, 2.24) is 4.90 Å². The number of rotatable bonds is 8. The molecule has 2 aliphatic heterocycles. The van der Waals surface area contributed by atoms with Gasteiger partial charge in [-0.1, -0.05) is 24.3 Å². The molecule has 2 aliphatic rings. The Balaban J connectivity index is 1.19. The molecule has 8 heteroatoms. The molecule has 1 fully saturated rings. The first-order valence-corrected chi connectivity index (χ1v) is 15.3. The van der Waals surface area contributed by atoms with Crippen LogP contribution in [0.5, 0.6) is 17.2 Å². The van der Waals surface area contributed by atoms with Crippen molar-refractivity contribution in [1.29, 1.82) is 0 Å². The zero-order valence-corrected chi connectivity index (χ0v) is 26.6. The van der Waals surface area contributed by atoms with Gasteiger partial charge in [0, 0.05) is 43.5 Å². The maximum atomic E-state index is 12.4. The third kappa shape index (κ3) is 7.65. The number of benzene rings is 3. The van der Waals surface area contributed by atoms with Crippen LogP contribution in [0.1, 0.15) is 68.2 Å². The number of esters is 1. The fraction of sp³-hybridized carbons (Fsp3) is 0.444. The Morgan fingerprint density at radius 1 is 0.955 bits per heavy atom. The van der Waals surface area contributed by atoms with Gasteiger partial charge in [0.05, 0.1) is 20.1 Å². The molecule has 0 bridgehead atoms. The predicted molar refractivity (Wildman–Crippen MR) is 168 cm³/mol. The molecule has 0 aromatic heterocycles. The smallest absolute Gasteiger partial charge is 0.410 e. The minimum Gasteiger partial charge on any atom is -0.492 e. The minimum atomic E-state index is -0.496. The maximum absolute atomic E-state index is 12.4. The summed E-state index contributed by atoms with van der Waals surface area (Å²) in [4.78, 5) is 25.9. The molecule has 44 heavy (non-hydrogen) atoms. The van der Waals surface area contributed by atoms with Crippen molar-refractivity contribution >= 4 is 12.1 Å². The molecule has 0 radical (unpaired) electrons. The summed E-state index contributed by atoms with van der Waals surface area (Å²) < 4.78 is 28.7. The highest BCUT2D eigenvalue weighted by Crippen LogP contribution is 2.39. The van der Waals surface area contributed by atoms with Gasteiger partial charge in [-0.3, -0.25) is 4.79 Å². The van der Waals surface area contributed by atoms with Crippen LogP contribution >= 0.6 is 0 Å². The Kier molecular flexibility index (Phi) is 9.37. The Hall–Kier alpha value is -4.20. The highest BCUT2D eigenvalue weighted by Gasteiger charge is 2.29. The Labute approximate surface area is 260 Å². The van der Waals surface area contributed by atoms with E-state index >= 15 is 0 Å². The van der Waals surface area contributed by atoms with E-state index in [4.69, 9.17) is 23.7 Å². The number of fused-ring (bicyclic) bond motifs is 1. The lowest BCUT2D eigenvalue weighted by Crippen LogP contribution is -2.44. The van der Waals surface area contributed by atoms with Crippen molar-refractivity contribution in [2.75, 3.05) is 26.8 Å². The number of hydrogen-bond acceptors (Lipinski definition) is 7. The second-order valence-electron chi connectivity index (χ2n) is 12.7. The number of methoxy groups -OCH3 is 1. The lowest BCUT2D eigenvalue weighted by molar-refractivity contribution is -0.141. The predicted octanol–water partition coefficient (Wildman–Crippen LogP) is 7.37. The van der Waals surface area contributed by atoms with E-state index in [1.54, 1.807) is 4.90 Å². The van der Waals surface area contributed by atoms with E-state index in [9.17, 15) is 9.59 Å². The lowest BCUT2D eigenvalue weighted by atomic mass is 9.94. The van der Waals surface area contributed by atoms with Gasteiger partial charge in [-0.15, -0.1) is 0 Å². The highest BCUT2D eigenvalue weighted by atomic mass is 16.6. The van der Waals surface area contributed by atoms with Gasteiger partial charge in [0.25, 0.3) is 0 Å². The SMILES string of the molecule is COC(=O)C[C@@H]1COc2cc(OCc3cccc(-c4c(C)cc(OC5CCN(C(=O)OC(C)(C)C)CC5)cc4C)c3)ccc21. The number of hydrogen-bond donors (Lipinski definition) is 0. The van der Waals surface area contributed by atoms with Crippen molar-refractivity contribution in [3.05, 3.63) is 76.9 Å². The highest BCUT2D eigenvalue weighted by molar-refractivity contribution is 5.73. The molecule has 3 aromatic rings. The third-order valence-electron chi connectivity index (χ3n) is 8.03. The van der Waals surface area contributed by atoms with E-state index in [0.29, 0.717) is 32.7 Å². The van der Waals surface area contributed by atoms with Crippen LogP contribution < -0.4 is 14.2 Å². The first-order chi connectivity index (χ1) is 21.0. The van der Waals surface area contributed by atoms with Crippen molar-refractivity contribution in [3.63, 3.8) is 0 Å². The van der Waals surface area contributed by atoms with E-state index < -0.39 is 5.60 Å². The van der Waals surface area contributed by atoms with E-state index in [0.717, 1.165) is 57.9 Å². The van der Waals surface area contributed by atoms with Gasteiger partial charge in [-0.05, 0) is 86.7 Å². The van der Waals surface area contributed by atoms with Crippen molar-refractivity contribution < 1.29 is 33.3 Å². The molecule has 1 saturated heterocycles. The van der Waals surface area contributed by atoms with E-state index in [2.05, 4.69) is 50.2 Å². The zero-order chi connectivity index (χ0) is 31.4. The average molecular weight is 602 g/mol. The van der Waals surface area contributed by atoms with Gasteiger partial charge in [0.1, 0.15) is 35.6 Å². The Bertz CT molecular complexity index is 1480. The molecule has 8 nitrogen and oxygen atoms in total. The summed E-state index contributed by atoms with van der Waals surface area (Å²) in [6.45, 7) is 12.0. The first-order valence-electron chi connectivity index (χ1n) is 15.3. The van der Waals surface area contributed by atoms with Crippen LogP contribution in [0.15, 0.2) is 54.6 Å². The third-order valence-corrected chi connectivity index (χ3v) is 8.03. The van der Waals surface area contributed by atoms with Crippen molar-refractivity contribution in [3.8, 4) is 28.4 Å². The number of aryl methyl sites for hydroxylation is 2. The monoisotopic (exact) mass is 601 g/mol. The van der Waals surface area contributed by atoms with Crippen LogP contribution in [-0.4, -0.2) is 55.5 Å². The fourth-order valence-electron chi connectivity index (χ4n) is 5.91. The molecule has 0 saturated carbocycles. The number of piperidine rings is 1. The second kappa shape index (κ2) is 13.2. The largest absolute Gasteiger partial charge is 0.492 e. The van der Waals surface area contributed by atoms with Crippen molar-refractivity contribution in [2.24, 2.45) is 0 Å². The maximum Gasteiger partial charge on any atom is 0.410 e. The normalized spacial score (nSPS) is 16.6. The molecular weight excluding hydrogens is 558 g/mol. The lowest BCUT2D eigenvalue weighted by Gasteiger charge is -2.33. The molecule has 1 atom stereocenters. The second-order valence-corrected chi connectivity index (χ2v) is 12.7. The summed E-state index contributed by atoms with van der Waals surface area (Å²) >= 11 is 0. The van der Waals surface area contributed by atoms with Gasteiger partial charge in [-0.25, -0.2) is 4.79 Å². The topological polar surface area (TPSA) is 83.5 Å². The Morgan fingerprint density at radius 3 is 2.36 bits per heavy atom. The van der Waals surface area contributed by atoms with Crippen LogP contribution in [0.2, 0.25) is 0 Å². The van der Waals surface area contributed by atoms with Gasteiger partial charge < -0.3 is 28.6 Å². The summed E-state index contributed by atoms with van der Waals surface area (Å²) in [6, 6.07) is 18.4. The quantitative estimate of drug-likeness (QED) is 0.249. The van der Waals surface area contributed by atoms with Crippen LogP contribution in [0.3, 0.4) is 0 Å². The summed E-state index contributed by atoms with van der Waals surface area (Å²) in [5.41, 5.74) is 6.16. The van der Waals surface area contributed by atoms with Gasteiger partial charge in [0.15, 0.2) is 0 Å². The number of ether oxygens (including phenoxy) is 5. The average Bonchev–Trinajstić information content (AvgIpc) is 3.37. The fourth-order valence-corrected chi connectivity index (χ4v) is 5.91. The molecule has 234 valence electrons. The standard InChI is InChI=1S/C36H43NO7/c1-23-16-30(43-28-12-14-37(15-13-28)35(39)44-36(3,4)5)17-24(2)34(23)26-9-7-8-25(18-26)21-41-29-10-11-31-27(19-33(38)40-6)22-42-32(31)20-29/h7-11,16-18,20,27-28H,12-15,19,21-22H2,1-6H3/t27-/m1/s1. The zero-order valence-electron chi connectivity index (χ0n) is 26.6. The van der Waals surface area contributed by atoms with Crippen LogP contribution in [0.25, 0.3) is 11.1 Å². The van der Waals surface area contributed by atoms with E-state index in [1.165, 1.54) is 12.7 Å². The molecule has 0 spiro atoms. The van der Waals surface area contributed by atoms with Gasteiger partial charge >= 0.3 is 12.1 Å². The molecule has 0 aliphatic carbocycles. The Morgan fingerprint density at radius 2 is 1.68 bits per heavy atom. The number of nitrogens with zero attached hydrogens (tertiary/aromatic N) is 1. The number of likely N-dealkylation sites (tertiary alicyclic amines) is 1. The minimum absolute atomic E-state index is 0.00337. The summed E-state index contributed by atoms with van der Waals surface area (Å²) in [5.74, 6) is 2.10. The van der Waals surface area contributed by atoms with Crippen LogP contribution in [-0.2, 0) is 20.9 Å². The number of carbonyl (C=O) groups is 2. The first kappa shape index (κ1) is 31.2. The summed E-state index contributed by atoms with van der Waals surface area (Å²) in [5, 5.41) is 0. The number of carbonyl (C=O) groups excluding carboxylic acids is 2. The molecule has 2 heterocycles. The van der Waals surface area contributed by atoms with Crippen LogP contribution in [0.4, 0.5) is 4.79 Å². The van der Waals surface area contributed by atoms with Gasteiger partial charge in [-0.2, -0.15) is 0 Å².